The molecule has 0 radical (unpaired) electrons. The Morgan fingerprint density at radius 2 is 0.964 bits per heavy atom. The number of hydrogen-bond acceptors (Lipinski definition) is 12. The summed E-state index contributed by atoms with van der Waals surface area (Å²) in [5.41, 5.74) is 8.58. The molecule has 0 aliphatic heterocycles. The molecule has 12 nitrogen and oxygen atoms in total. The van der Waals surface area contributed by atoms with E-state index in [4.69, 9.17) is 18.9 Å². The Morgan fingerprint density at radius 3 is 1.34 bits per heavy atom. The molecule has 2 N–H and O–H groups in total. The van der Waals surface area contributed by atoms with Crippen molar-refractivity contribution in [3.05, 3.63) is 152 Å². The summed E-state index contributed by atoms with van der Waals surface area (Å²) < 4.78 is 23.9. The van der Waals surface area contributed by atoms with Crippen molar-refractivity contribution in [1.29, 1.82) is 0 Å². The fraction of sp³-hybridized carbons (Fsp3) is 0.143. The normalized spacial score (nSPS) is 11.1. The topological polar surface area (TPSA) is 154 Å². The highest BCUT2D eigenvalue weighted by Gasteiger charge is 2.29. The maximum Gasteiger partial charge on any atom is 0.348 e. The summed E-state index contributed by atoms with van der Waals surface area (Å²) in [4.78, 5) is 51.7. The van der Waals surface area contributed by atoms with Crippen LogP contribution >= 0.6 is 22.7 Å². The number of nitrogens with one attached hydrogen (secondary N) is 2. The van der Waals surface area contributed by atoms with E-state index < -0.39 is 11.9 Å². The lowest BCUT2D eigenvalue weighted by molar-refractivity contribution is 0.0520. The molecule has 2 heterocycles. The number of hydrogen-bond donors (Lipinski definition) is 2. The van der Waals surface area contributed by atoms with Crippen LogP contribution in [-0.4, -0.2) is 49.4 Å². The number of nitrogens with zero attached hydrogens (tertiary/aromatic N) is 2. The second kappa shape index (κ2) is 19.1. The minimum Gasteiger partial charge on any atom is -0.489 e. The van der Waals surface area contributed by atoms with Crippen molar-refractivity contribution in [3.8, 4) is 11.5 Å². The third kappa shape index (κ3) is 9.91. The Bertz CT molecular complexity index is 2190. The number of hydrazone groups is 2. The predicted molar refractivity (Wildman–Crippen MR) is 216 cm³/mol. The summed E-state index contributed by atoms with van der Waals surface area (Å²) in [5, 5.41) is 8.76. The summed E-state index contributed by atoms with van der Waals surface area (Å²) in [6, 6.07) is 31.7. The average molecular weight is 789 g/mol. The number of thiophene rings is 2. The Morgan fingerprint density at radius 1 is 0.571 bits per heavy atom. The van der Waals surface area contributed by atoms with Crippen molar-refractivity contribution < 1.29 is 38.1 Å². The molecule has 0 aliphatic rings. The molecule has 0 bridgehead atoms. The molecule has 0 atom stereocenters. The van der Waals surface area contributed by atoms with E-state index in [-0.39, 0.29) is 38.2 Å². The van der Waals surface area contributed by atoms with Gasteiger partial charge in [-0.25, -0.2) is 20.4 Å². The number of amides is 2. The highest BCUT2D eigenvalue weighted by molar-refractivity contribution is 7.40. The molecule has 14 heteroatoms. The number of carbonyl (C=O) groups excluding carboxylic acids is 4. The van der Waals surface area contributed by atoms with Gasteiger partial charge in [0.15, 0.2) is 0 Å². The SMILES string of the molecule is CCOC(=O)c1sc2sc(C(=O)OCC)c(COc3ccc(/C=N/NC(=O)c4ccccc4)cc3)c2c1COc1ccc(/C=N/NC(=O)c2ccccc2)cc1. The van der Waals surface area contributed by atoms with Crippen LogP contribution in [0.4, 0.5) is 0 Å². The first-order valence-electron chi connectivity index (χ1n) is 17.5. The molecule has 0 fully saturated rings. The van der Waals surface area contributed by atoms with Gasteiger partial charge in [-0.05, 0) is 97.8 Å². The number of carbonyl (C=O) groups is 4. The third-order valence-corrected chi connectivity index (χ3v) is 10.5. The third-order valence-electron chi connectivity index (χ3n) is 8.02. The van der Waals surface area contributed by atoms with Crippen LogP contribution in [0, 0.1) is 0 Å². The largest absolute Gasteiger partial charge is 0.489 e. The zero-order valence-electron chi connectivity index (χ0n) is 30.4. The van der Waals surface area contributed by atoms with Crippen molar-refractivity contribution in [1.82, 2.24) is 10.9 Å². The molecule has 2 aromatic heterocycles. The smallest absolute Gasteiger partial charge is 0.348 e. The quantitative estimate of drug-likeness (QED) is 0.0568. The van der Waals surface area contributed by atoms with Crippen LogP contribution in [0.25, 0.3) is 9.40 Å². The lowest BCUT2D eigenvalue weighted by atomic mass is 10.1. The van der Waals surface area contributed by atoms with Gasteiger partial charge in [0.05, 0.1) is 29.7 Å². The van der Waals surface area contributed by atoms with Crippen LogP contribution in [-0.2, 0) is 22.7 Å². The molecule has 2 amide bonds. The van der Waals surface area contributed by atoms with Gasteiger partial charge in [-0.1, -0.05) is 36.4 Å². The molecule has 4 aromatic carbocycles. The van der Waals surface area contributed by atoms with Crippen molar-refractivity contribution in [2.75, 3.05) is 13.2 Å². The molecule has 284 valence electrons. The van der Waals surface area contributed by atoms with Gasteiger partial charge < -0.3 is 18.9 Å². The second-order valence-electron chi connectivity index (χ2n) is 11.8. The lowest BCUT2D eigenvalue weighted by Crippen LogP contribution is -2.17. The second-order valence-corrected chi connectivity index (χ2v) is 14.1. The molecule has 0 spiro atoms. The van der Waals surface area contributed by atoms with Gasteiger partial charge in [0.25, 0.3) is 11.8 Å². The fourth-order valence-electron chi connectivity index (χ4n) is 5.34. The van der Waals surface area contributed by atoms with Crippen molar-refractivity contribution >= 4 is 68.3 Å². The zero-order chi connectivity index (χ0) is 39.3. The predicted octanol–water partition coefficient (Wildman–Crippen LogP) is 8.00. The maximum absolute atomic E-state index is 13.2. The minimum absolute atomic E-state index is 0.00441. The van der Waals surface area contributed by atoms with Crippen molar-refractivity contribution in [2.45, 2.75) is 27.1 Å². The van der Waals surface area contributed by atoms with Crippen LogP contribution in [0.5, 0.6) is 11.5 Å². The molecule has 0 saturated heterocycles. The van der Waals surface area contributed by atoms with E-state index in [1.807, 2.05) is 12.1 Å². The highest BCUT2D eigenvalue weighted by Crippen LogP contribution is 2.43. The number of esters is 2. The first-order valence-corrected chi connectivity index (χ1v) is 19.1. The van der Waals surface area contributed by atoms with Gasteiger partial charge in [-0.2, -0.15) is 10.2 Å². The van der Waals surface area contributed by atoms with Gasteiger partial charge in [0.1, 0.15) is 34.5 Å². The van der Waals surface area contributed by atoms with Crippen LogP contribution in [0.15, 0.2) is 119 Å². The van der Waals surface area contributed by atoms with Gasteiger partial charge >= 0.3 is 11.9 Å². The van der Waals surface area contributed by atoms with Gasteiger partial charge in [0.2, 0.25) is 0 Å². The van der Waals surface area contributed by atoms with Crippen LogP contribution < -0.4 is 20.3 Å². The highest BCUT2D eigenvalue weighted by atomic mass is 32.2. The van der Waals surface area contributed by atoms with E-state index in [0.29, 0.717) is 48.9 Å². The summed E-state index contributed by atoms with van der Waals surface area (Å²) in [6.45, 7) is 3.83. The molecule has 0 aliphatic carbocycles. The minimum atomic E-state index is -0.495. The van der Waals surface area contributed by atoms with E-state index in [0.717, 1.165) is 15.1 Å². The summed E-state index contributed by atoms with van der Waals surface area (Å²) in [6.07, 6.45) is 3.04. The summed E-state index contributed by atoms with van der Waals surface area (Å²) >= 11 is 2.45. The summed E-state index contributed by atoms with van der Waals surface area (Å²) in [5.74, 6) is -0.595. The van der Waals surface area contributed by atoms with E-state index in [1.165, 1.54) is 35.1 Å². The van der Waals surface area contributed by atoms with Crippen molar-refractivity contribution in [2.24, 2.45) is 10.2 Å². The van der Waals surface area contributed by atoms with Gasteiger partial charge in [0, 0.05) is 27.6 Å². The fourth-order valence-corrected chi connectivity index (χ4v) is 7.92. The van der Waals surface area contributed by atoms with E-state index in [2.05, 4.69) is 21.1 Å². The average Bonchev–Trinajstić information content (AvgIpc) is 3.77. The maximum atomic E-state index is 13.2. The summed E-state index contributed by atoms with van der Waals surface area (Å²) in [7, 11) is 0. The van der Waals surface area contributed by atoms with Crippen LogP contribution in [0.1, 0.15) is 76.2 Å². The monoisotopic (exact) mass is 788 g/mol. The van der Waals surface area contributed by atoms with E-state index >= 15 is 0 Å². The number of benzene rings is 4. The number of rotatable bonds is 16. The first-order chi connectivity index (χ1) is 27.3. The Kier molecular flexibility index (Phi) is 13.3. The standard InChI is InChI=1S/C42H36N4O8S2/c1-3-51-40(49)36-33(25-53-31-19-15-27(16-20-31)23-43-45-38(47)29-11-7-5-8-12-29)35-34(37(41(50)52-4-2)56-42(35)55-36)26-54-32-21-17-28(18-22-32)24-44-46-39(48)30-13-9-6-10-14-30/h5-24H,3-4,25-26H2,1-2H3,(H,45,47)(H,46,48)/b43-23+,44-24+. The van der Waals surface area contributed by atoms with Crippen LogP contribution in [0.3, 0.4) is 0 Å². The molecule has 0 saturated carbocycles. The molecule has 6 aromatic rings. The van der Waals surface area contributed by atoms with E-state index in [9.17, 15) is 19.2 Å². The number of fused-ring (bicyclic) bond motifs is 1. The van der Waals surface area contributed by atoms with Crippen LogP contribution in [0.2, 0.25) is 0 Å². The number of ether oxygens (including phenoxy) is 4. The molecule has 0 unspecified atom stereocenters. The lowest BCUT2D eigenvalue weighted by Gasteiger charge is -2.11. The Labute approximate surface area is 330 Å². The van der Waals surface area contributed by atoms with Gasteiger partial charge in [-0.3, -0.25) is 9.59 Å². The van der Waals surface area contributed by atoms with Gasteiger partial charge in [-0.15, -0.1) is 22.7 Å². The molecular formula is C42H36N4O8S2. The Balaban J connectivity index is 1.19. The van der Waals surface area contributed by atoms with E-state index in [1.54, 1.807) is 111 Å². The molecular weight excluding hydrogens is 753 g/mol. The zero-order valence-corrected chi connectivity index (χ0v) is 32.0. The first kappa shape index (κ1) is 39.1. The Hall–Kier alpha value is -6.64. The molecule has 6 rings (SSSR count). The molecule has 56 heavy (non-hydrogen) atoms. The van der Waals surface area contributed by atoms with Crippen molar-refractivity contribution in [3.63, 3.8) is 0 Å².